The maximum Gasteiger partial charge on any atom is 0.167 e. The van der Waals surface area contributed by atoms with Crippen LogP contribution in [0, 0.1) is 0 Å². The summed E-state index contributed by atoms with van der Waals surface area (Å²) in [7, 11) is 0. The van der Waals surface area contributed by atoms with Crippen molar-refractivity contribution < 1.29 is 4.42 Å². The van der Waals surface area contributed by atoms with E-state index in [1.54, 1.807) is 0 Å². The Bertz CT molecular complexity index is 3650. The summed E-state index contributed by atoms with van der Waals surface area (Å²) in [5.41, 5.74) is 11.2. The molecule has 12 rings (SSSR count). The first-order valence-electron chi connectivity index (χ1n) is 20.6. The lowest BCUT2D eigenvalue weighted by atomic mass is 9.91. The van der Waals surface area contributed by atoms with Gasteiger partial charge in [-0.05, 0) is 102 Å². The van der Waals surface area contributed by atoms with E-state index in [2.05, 4.69) is 194 Å². The molecule has 12 aromatic rings. The highest BCUT2D eigenvalue weighted by molar-refractivity contribution is 6.10. The molecule has 0 saturated carbocycles. The van der Waals surface area contributed by atoms with Gasteiger partial charge in [0.1, 0.15) is 11.2 Å². The van der Waals surface area contributed by atoms with Crippen LogP contribution in [0.5, 0.6) is 0 Å². The fraction of sp³-hybridized carbons (Fsp3) is 0. The Hall–Kier alpha value is -8.21. The predicted octanol–water partition coefficient (Wildman–Crippen LogP) is 15.2. The second-order valence-corrected chi connectivity index (χ2v) is 15.5. The second kappa shape index (κ2) is 14.3. The normalized spacial score (nSPS) is 11.6. The number of rotatable bonds is 6. The molecule has 10 aromatic carbocycles. The Morgan fingerprint density at radius 1 is 0.262 bits per heavy atom. The van der Waals surface area contributed by atoms with Gasteiger partial charge in [0.2, 0.25) is 0 Å². The van der Waals surface area contributed by atoms with E-state index in [4.69, 9.17) is 19.4 Å². The summed E-state index contributed by atoms with van der Waals surface area (Å²) in [6.45, 7) is 0. The molecule has 2 heterocycles. The van der Waals surface area contributed by atoms with Gasteiger partial charge in [0.15, 0.2) is 17.5 Å². The number of nitrogens with zero attached hydrogens (tertiary/aromatic N) is 3. The van der Waals surface area contributed by atoms with Gasteiger partial charge in [0, 0.05) is 21.9 Å². The maximum atomic E-state index is 6.57. The minimum absolute atomic E-state index is 0.552. The molecule has 61 heavy (non-hydrogen) atoms. The molecular formula is C57H35N3O. The molecule has 4 heteroatoms. The lowest BCUT2D eigenvalue weighted by Crippen LogP contribution is -2.01. The smallest absolute Gasteiger partial charge is 0.167 e. The second-order valence-electron chi connectivity index (χ2n) is 15.5. The van der Waals surface area contributed by atoms with Gasteiger partial charge in [0.25, 0.3) is 0 Å². The lowest BCUT2D eigenvalue weighted by molar-refractivity contribution is 0.669. The summed E-state index contributed by atoms with van der Waals surface area (Å²) < 4.78 is 6.57. The monoisotopic (exact) mass is 777 g/mol. The number of benzene rings is 10. The summed E-state index contributed by atoms with van der Waals surface area (Å²) in [5.74, 6) is 1.74. The van der Waals surface area contributed by atoms with Crippen molar-refractivity contribution in [1.82, 2.24) is 15.0 Å². The number of hydrogen-bond acceptors (Lipinski definition) is 4. The van der Waals surface area contributed by atoms with Crippen LogP contribution in [0.3, 0.4) is 0 Å². The van der Waals surface area contributed by atoms with Gasteiger partial charge in [-0.2, -0.15) is 0 Å². The van der Waals surface area contributed by atoms with Gasteiger partial charge >= 0.3 is 0 Å². The van der Waals surface area contributed by atoms with Gasteiger partial charge in [-0.25, -0.2) is 15.0 Å². The number of fused-ring (bicyclic) bond motifs is 6. The Morgan fingerprint density at radius 3 is 1.57 bits per heavy atom. The van der Waals surface area contributed by atoms with Gasteiger partial charge in [-0.15, -0.1) is 0 Å². The molecule has 0 bridgehead atoms. The first kappa shape index (κ1) is 34.8. The number of para-hydroxylation sites is 2. The molecule has 0 fully saturated rings. The molecule has 0 saturated heterocycles. The molecule has 284 valence electrons. The molecular weight excluding hydrogens is 743 g/mol. The van der Waals surface area contributed by atoms with Crippen molar-refractivity contribution in [3.05, 3.63) is 212 Å². The third-order valence-electron chi connectivity index (χ3n) is 11.9. The summed E-state index contributed by atoms with van der Waals surface area (Å²) in [4.78, 5) is 16.0. The highest BCUT2D eigenvalue weighted by atomic mass is 16.3. The zero-order chi connectivity index (χ0) is 40.3. The zero-order valence-electron chi connectivity index (χ0n) is 33.0. The highest BCUT2D eigenvalue weighted by Crippen LogP contribution is 2.41. The molecule has 0 aliphatic heterocycles. The van der Waals surface area contributed by atoms with E-state index < -0.39 is 0 Å². The van der Waals surface area contributed by atoms with Gasteiger partial charge in [-0.3, -0.25) is 0 Å². The van der Waals surface area contributed by atoms with E-state index in [0.29, 0.717) is 17.5 Å². The van der Waals surface area contributed by atoms with Crippen molar-refractivity contribution in [2.75, 3.05) is 0 Å². The van der Waals surface area contributed by atoms with Gasteiger partial charge in [-0.1, -0.05) is 176 Å². The number of aromatic nitrogens is 3. The average molecular weight is 778 g/mol. The molecule has 0 aliphatic rings. The third-order valence-corrected chi connectivity index (χ3v) is 11.9. The minimum atomic E-state index is 0.552. The van der Waals surface area contributed by atoms with Crippen LogP contribution < -0.4 is 0 Å². The summed E-state index contributed by atoms with van der Waals surface area (Å²) in [6, 6.07) is 74.7. The van der Waals surface area contributed by atoms with E-state index in [0.717, 1.165) is 82.4 Å². The molecule has 0 radical (unpaired) electrons. The summed E-state index contributed by atoms with van der Waals surface area (Å²) in [6.07, 6.45) is 0. The SMILES string of the molecule is c1ccc(-c2cc(-c3ccc4cccc(-c5nc(-c6ccc(-c7ccccc7)c7ccccc67)nc(-c6cccc7c6oc6ccccc67)n5)c4c3)cc3ccccc23)cc1. The van der Waals surface area contributed by atoms with Crippen molar-refractivity contribution >= 4 is 54.3 Å². The van der Waals surface area contributed by atoms with Crippen LogP contribution in [0.4, 0.5) is 0 Å². The predicted molar refractivity (Wildman–Crippen MR) is 252 cm³/mol. The standard InChI is InChI=1S/C57H35N3O/c1-3-15-36(16-4-1)43-31-32-49(45-23-10-9-22-44(43)45)56-58-55(59-57(60-56)50-27-14-25-47-46-24-11-12-28-53(46)61-54(47)50)48-26-13-20-38-29-30-39(34-52(38)48)41-33-40-19-7-8-21-42(40)51(35-41)37-17-5-2-6-18-37/h1-35H. The first-order valence-corrected chi connectivity index (χ1v) is 20.6. The molecule has 0 unspecified atom stereocenters. The summed E-state index contributed by atoms with van der Waals surface area (Å²) >= 11 is 0. The fourth-order valence-corrected chi connectivity index (χ4v) is 9.01. The van der Waals surface area contributed by atoms with E-state index >= 15 is 0 Å². The highest BCUT2D eigenvalue weighted by Gasteiger charge is 2.21. The Morgan fingerprint density at radius 2 is 0.803 bits per heavy atom. The van der Waals surface area contributed by atoms with Crippen LogP contribution in [0.15, 0.2) is 217 Å². The van der Waals surface area contributed by atoms with Crippen LogP contribution in [-0.4, -0.2) is 15.0 Å². The first-order chi connectivity index (χ1) is 30.2. The molecule has 0 N–H and O–H groups in total. The van der Waals surface area contributed by atoms with Gasteiger partial charge in [0.05, 0.1) is 5.56 Å². The molecule has 0 spiro atoms. The van der Waals surface area contributed by atoms with E-state index in [9.17, 15) is 0 Å². The maximum absolute atomic E-state index is 6.57. The van der Waals surface area contributed by atoms with Crippen molar-refractivity contribution in [1.29, 1.82) is 0 Å². The van der Waals surface area contributed by atoms with Crippen LogP contribution in [0.1, 0.15) is 0 Å². The molecule has 0 aliphatic carbocycles. The number of furan rings is 1. The van der Waals surface area contributed by atoms with E-state index in [1.807, 2.05) is 18.2 Å². The van der Waals surface area contributed by atoms with Crippen LogP contribution >= 0.6 is 0 Å². The summed E-state index contributed by atoms with van der Waals surface area (Å²) in [5, 5.41) is 8.87. The van der Waals surface area contributed by atoms with Crippen molar-refractivity contribution in [2.24, 2.45) is 0 Å². The average Bonchev–Trinajstić information content (AvgIpc) is 3.72. The van der Waals surface area contributed by atoms with Crippen LogP contribution in [-0.2, 0) is 0 Å². The number of hydrogen-bond donors (Lipinski definition) is 0. The largest absolute Gasteiger partial charge is 0.455 e. The Kier molecular flexibility index (Phi) is 8.13. The zero-order valence-corrected chi connectivity index (χ0v) is 33.0. The van der Waals surface area contributed by atoms with Crippen molar-refractivity contribution in [3.63, 3.8) is 0 Å². The molecule has 0 atom stereocenters. The van der Waals surface area contributed by atoms with Crippen LogP contribution in [0.2, 0.25) is 0 Å². The van der Waals surface area contributed by atoms with Gasteiger partial charge < -0.3 is 4.42 Å². The van der Waals surface area contributed by atoms with E-state index in [-0.39, 0.29) is 0 Å². The Balaban J connectivity index is 1.09. The fourth-order valence-electron chi connectivity index (χ4n) is 9.01. The molecule has 0 amide bonds. The Labute approximate surface area is 352 Å². The quantitative estimate of drug-likeness (QED) is 0.169. The van der Waals surface area contributed by atoms with E-state index in [1.165, 1.54) is 21.9 Å². The van der Waals surface area contributed by atoms with Crippen molar-refractivity contribution in [3.8, 4) is 67.5 Å². The van der Waals surface area contributed by atoms with Crippen LogP contribution in [0.25, 0.3) is 122 Å². The lowest BCUT2D eigenvalue weighted by Gasteiger charge is -2.15. The molecule has 2 aromatic heterocycles. The topological polar surface area (TPSA) is 51.8 Å². The third kappa shape index (κ3) is 5.96. The minimum Gasteiger partial charge on any atom is -0.455 e. The van der Waals surface area contributed by atoms with Crippen molar-refractivity contribution in [2.45, 2.75) is 0 Å². The molecule has 4 nitrogen and oxygen atoms in total.